The monoisotopic (exact) mass is 324 g/mol. The van der Waals surface area contributed by atoms with Crippen LogP contribution in [0.3, 0.4) is 0 Å². The topological polar surface area (TPSA) is 68.3 Å². The van der Waals surface area contributed by atoms with Gasteiger partial charge in [-0.05, 0) is 31.4 Å². The average Bonchev–Trinajstić information content (AvgIpc) is 2.91. The summed E-state index contributed by atoms with van der Waals surface area (Å²) >= 11 is 0. The molecule has 0 amide bonds. The summed E-state index contributed by atoms with van der Waals surface area (Å²) in [6, 6.07) is 1.54. The fraction of sp³-hybridized carbons (Fsp3) is 0.583. The van der Waals surface area contributed by atoms with Crippen molar-refractivity contribution >= 4 is 10.0 Å². The zero-order valence-corrected chi connectivity index (χ0v) is 11.9. The molecule has 1 aromatic rings. The maximum absolute atomic E-state index is 12.4. The molecule has 1 aromatic heterocycles. The van der Waals surface area contributed by atoms with Crippen LogP contribution >= 0.6 is 0 Å². The third kappa shape index (κ3) is 4.39. The van der Waals surface area contributed by atoms with E-state index in [2.05, 4.69) is 9.71 Å². The Bertz CT molecular complexity index is 566. The van der Waals surface area contributed by atoms with Gasteiger partial charge in [-0.25, -0.2) is 13.1 Å². The van der Waals surface area contributed by atoms with E-state index >= 15 is 0 Å². The normalized spacial score (nSPS) is 19.9. The van der Waals surface area contributed by atoms with E-state index in [0.717, 1.165) is 18.9 Å². The van der Waals surface area contributed by atoms with Crippen LogP contribution in [0.15, 0.2) is 23.2 Å². The van der Waals surface area contributed by atoms with E-state index in [1.54, 1.807) is 0 Å². The van der Waals surface area contributed by atoms with Gasteiger partial charge < -0.3 is 4.74 Å². The number of rotatable bonds is 5. The van der Waals surface area contributed by atoms with Gasteiger partial charge in [-0.1, -0.05) is 0 Å². The van der Waals surface area contributed by atoms with Crippen LogP contribution in [0, 0.1) is 0 Å². The van der Waals surface area contributed by atoms with Gasteiger partial charge >= 0.3 is 6.18 Å². The largest absolute Gasteiger partial charge is 0.433 e. The summed E-state index contributed by atoms with van der Waals surface area (Å²) in [6.07, 6.45) is -1.46. The lowest BCUT2D eigenvalue weighted by Gasteiger charge is -2.11. The van der Waals surface area contributed by atoms with Crippen LogP contribution in [0.5, 0.6) is 0 Å². The molecular weight excluding hydrogens is 309 g/mol. The van der Waals surface area contributed by atoms with Gasteiger partial charge in [0.2, 0.25) is 10.0 Å². The first-order valence-electron chi connectivity index (χ1n) is 6.43. The number of pyridine rings is 1. The molecule has 1 atom stereocenters. The number of aromatic nitrogens is 1. The third-order valence-corrected chi connectivity index (χ3v) is 4.57. The Morgan fingerprint density at radius 3 is 2.67 bits per heavy atom. The van der Waals surface area contributed by atoms with E-state index in [1.807, 2.05) is 0 Å². The van der Waals surface area contributed by atoms with E-state index in [0.29, 0.717) is 25.3 Å². The average molecular weight is 324 g/mol. The predicted molar refractivity (Wildman–Crippen MR) is 68.0 cm³/mol. The Morgan fingerprint density at radius 2 is 2.14 bits per heavy atom. The molecule has 21 heavy (non-hydrogen) atoms. The molecule has 0 saturated carbocycles. The number of nitrogens with one attached hydrogen (secondary N) is 1. The Morgan fingerprint density at radius 1 is 1.38 bits per heavy atom. The number of hydrogen-bond acceptors (Lipinski definition) is 4. The molecule has 1 N–H and O–H groups in total. The molecular formula is C12H15F3N2O3S. The third-order valence-electron chi connectivity index (χ3n) is 3.12. The summed E-state index contributed by atoms with van der Waals surface area (Å²) in [5.41, 5.74) is -1.12. The van der Waals surface area contributed by atoms with Crippen molar-refractivity contribution in [1.82, 2.24) is 9.71 Å². The molecule has 0 aliphatic carbocycles. The van der Waals surface area contributed by atoms with Crippen molar-refractivity contribution in [2.75, 3.05) is 13.2 Å². The van der Waals surface area contributed by atoms with Gasteiger partial charge in [0.15, 0.2) is 0 Å². The second-order valence-electron chi connectivity index (χ2n) is 4.70. The van der Waals surface area contributed by atoms with E-state index in [4.69, 9.17) is 4.74 Å². The fourth-order valence-electron chi connectivity index (χ4n) is 2.02. The molecule has 0 radical (unpaired) electrons. The molecule has 0 spiro atoms. The van der Waals surface area contributed by atoms with Crippen molar-refractivity contribution in [3.63, 3.8) is 0 Å². The van der Waals surface area contributed by atoms with Gasteiger partial charge in [-0.15, -0.1) is 0 Å². The first-order chi connectivity index (χ1) is 9.79. The van der Waals surface area contributed by atoms with Gasteiger partial charge in [0, 0.05) is 19.3 Å². The lowest BCUT2D eigenvalue weighted by Crippen LogP contribution is -2.27. The van der Waals surface area contributed by atoms with Crippen LogP contribution in [-0.4, -0.2) is 32.7 Å². The molecule has 2 heterocycles. The highest BCUT2D eigenvalue weighted by Gasteiger charge is 2.32. The second kappa shape index (κ2) is 6.29. The molecule has 0 unspecified atom stereocenters. The van der Waals surface area contributed by atoms with Crippen LogP contribution in [0.2, 0.25) is 0 Å². The predicted octanol–water partition coefficient (Wildman–Crippen LogP) is 1.95. The first kappa shape index (κ1) is 16.2. The molecule has 1 aliphatic heterocycles. The van der Waals surface area contributed by atoms with Crippen molar-refractivity contribution in [3.8, 4) is 0 Å². The maximum atomic E-state index is 12.4. The smallest absolute Gasteiger partial charge is 0.378 e. The Hall–Kier alpha value is -1.19. The quantitative estimate of drug-likeness (QED) is 0.899. The fourth-order valence-corrected chi connectivity index (χ4v) is 3.01. The number of hydrogen-bond donors (Lipinski definition) is 1. The van der Waals surface area contributed by atoms with Gasteiger partial charge in [0.05, 0.1) is 6.10 Å². The summed E-state index contributed by atoms with van der Waals surface area (Å²) < 4.78 is 68.5. The molecule has 1 fully saturated rings. The molecule has 0 aromatic carbocycles. The SMILES string of the molecule is O=S(=O)(NCC[C@H]1CCCO1)c1ccc(C(F)(F)F)nc1. The minimum atomic E-state index is -4.59. The summed E-state index contributed by atoms with van der Waals surface area (Å²) in [6.45, 7) is 0.855. The molecule has 1 saturated heterocycles. The summed E-state index contributed by atoms with van der Waals surface area (Å²) in [5, 5.41) is 0. The first-order valence-corrected chi connectivity index (χ1v) is 7.92. The highest BCUT2D eigenvalue weighted by molar-refractivity contribution is 7.89. The van der Waals surface area contributed by atoms with E-state index < -0.39 is 21.9 Å². The molecule has 0 bridgehead atoms. The van der Waals surface area contributed by atoms with Gasteiger partial charge in [-0.3, -0.25) is 4.98 Å². The van der Waals surface area contributed by atoms with Crippen molar-refractivity contribution in [1.29, 1.82) is 0 Å². The van der Waals surface area contributed by atoms with Gasteiger partial charge in [0.1, 0.15) is 10.6 Å². The van der Waals surface area contributed by atoms with E-state index in [-0.39, 0.29) is 17.5 Å². The number of nitrogens with zero attached hydrogens (tertiary/aromatic N) is 1. The van der Waals surface area contributed by atoms with E-state index in [9.17, 15) is 21.6 Å². The van der Waals surface area contributed by atoms with E-state index in [1.165, 1.54) is 0 Å². The zero-order valence-electron chi connectivity index (χ0n) is 11.1. The van der Waals surface area contributed by atoms with Gasteiger partial charge in [-0.2, -0.15) is 13.2 Å². The number of ether oxygens (including phenoxy) is 1. The minimum Gasteiger partial charge on any atom is -0.378 e. The number of sulfonamides is 1. The zero-order chi connectivity index (χ0) is 15.5. The highest BCUT2D eigenvalue weighted by atomic mass is 32.2. The summed E-state index contributed by atoms with van der Waals surface area (Å²) in [4.78, 5) is 2.84. The van der Waals surface area contributed by atoms with Crippen molar-refractivity contribution in [3.05, 3.63) is 24.0 Å². The Balaban J connectivity index is 1.95. The second-order valence-corrected chi connectivity index (χ2v) is 6.47. The number of halogens is 3. The number of alkyl halides is 3. The van der Waals surface area contributed by atoms with Crippen LogP contribution in [0.1, 0.15) is 25.0 Å². The van der Waals surface area contributed by atoms with Crippen LogP contribution in [0.4, 0.5) is 13.2 Å². The highest BCUT2D eigenvalue weighted by Crippen LogP contribution is 2.27. The lowest BCUT2D eigenvalue weighted by atomic mass is 10.2. The molecule has 118 valence electrons. The van der Waals surface area contributed by atoms with Crippen LogP contribution in [0.25, 0.3) is 0 Å². The van der Waals surface area contributed by atoms with Crippen molar-refractivity contribution in [2.24, 2.45) is 0 Å². The molecule has 2 rings (SSSR count). The van der Waals surface area contributed by atoms with Crippen molar-refractivity contribution in [2.45, 2.75) is 36.4 Å². The van der Waals surface area contributed by atoms with Crippen LogP contribution < -0.4 is 4.72 Å². The maximum Gasteiger partial charge on any atom is 0.433 e. The summed E-state index contributed by atoms with van der Waals surface area (Å²) in [7, 11) is -3.85. The molecule has 1 aliphatic rings. The van der Waals surface area contributed by atoms with Crippen LogP contribution in [-0.2, 0) is 20.9 Å². The van der Waals surface area contributed by atoms with Gasteiger partial charge in [0.25, 0.3) is 0 Å². The Labute approximate surface area is 120 Å². The molecule has 9 heteroatoms. The standard InChI is InChI=1S/C12H15F3N2O3S/c13-12(14,15)11-4-3-10(8-16-11)21(18,19)17-6-5-9-2-1-7-20-9/h3-4,8-9,17H,1-2,5-7H2/t9-/m1/s1. The summed E-state index contributed by atoms with van der Waals surface area (Å²) in [5.74, 6) is 0. The lowest BCUT2D eigenvalue weighted by molar-refractivity contribution is -0.141. The Kier molecular flexibility index (Phi) is 4.84. The minimum absolute atomic E-state index is 0.0402. The molecule has 5 nitrogen and oxygen atoms in total. The van der Waals surface area contributed by atoms with Crippen molar-refractivity contribution < 1.29 is 26.3 Å².